The second-order valence-electron chi connectivity index (χ2n) is 11.5. The molecule has 1 saturated heterocycles. The van der Waals surface area contributed by atoms with Crippen molar-refractivity contribution >= 4 is 25.4 Å². The molecule has 1 amide bonds. The van der Waals surface area contributed by atoms with E-state index in [1.807, 2.05) is 24.3 Å². The first-order chi connectivity index (χ1) is 22.3. The smallest absolute Gasteiger partial charge is 0.459 e. The van der Waals surface area contributed by atoms with Crippen LogP contribution in [0.1, 0.15) is 38.1 Å². The molecule has 3 aromatic rings. The first kappa shape index (κ1) is 34.3. The van der Waals surface area contributed by atoms with E-state index in [4.69, 9.17) is 18.5 Å². The van der Waals surface area contributed by atoms with Crippen molar-refractivity contribution in [2.45, 2.75) is 70.1 Å². The number of halogens is 2. The largest absolute Gasteiger partial charge is 0.462 e. The number of benzene rings is 2. The predicted octanol–water partition coefficient (Wildman–Crippen LogP) is 3.62. The van der Waals surface area contributed by atoms with E-state index >= 15 is 8.78 Å². The normalized spacial score (nSPS) is 22.3. The lowest BCUT2D eigenvalue weighted by molar-refractivity contribution is -0.149. The number of aliphatic hydroxyl groups excluding tert-OH is 1. The van der Waals surface area contributed by atoms with Crippen molar-refractivity contribution < 1.29 is 46.6 Å². The summed E-state index contributed by atoms with van der Waals surface area (Å²) in [5.41, 5.74) is 0.930. The number of nitrogens with one attached hydrogen (secondary N) is 2. The summed E-state index contributed by atoms with van der Waals surface area (Å²) in [6, 6.07) is 15.4. The highest BCUT2D eigenvalue weighted by Crippen LogP contribution is 2.48. The molecule has 1 fully saturated rings. The van der Waals surface area contributed by atoms with Gasteiger partial charge in [-0.25, -0.2) is 9.36 Å². The molecule has 16 heteroatoms. The molecule has 1 aliphatic heterocycles. The number of fused-ring (bicyclic) bond motifs is 1. The van der Waals surface area contributed by atoms with Crippen LogP contribution in [0.15, 0.2) is 71.7 Å². The Morgan fingerprint density at radius 1 is 1.09 bits per heavy atom. The van der Waals surface area contributed by atoms with Gasteiger partial charge in [-0.1, -0.05) is 42.5 Å². The number of hydrogen-bond donors (Lipinski definition) is 3. The number of aromatic nitrogens is 2. The number of ether oxygens (including phenoxy) is 2. The fraction of sp³-hybridized carbons (Fsp3) is 0.419. The van der Waals surface area contributed by atoms with Crippen molar-refractivity contribution in [3.05, 3.63) is 88.5 Å². The van der Waals surface area contributed by atoms with Gasteiger partial charge in [-0.05, 0) is 62.9 Å². The average Bonchev–Trinajstić information content (AvgIpc) is 3.55. The molecule has 5 atom stereocenters. The van der Waals surface area contributed by atoms with Crippen LogP contribution in [0.25, 0.3) is 0 Å². The number of carbonyl (C=O) groups excluding carboxylic acids is 2. The quantitative estimate of drug-likeness (QED) is 0.189. The lowest BCUT2D eigenvalue weighted by atomic mass is 10.1. The maximum Gasteiger partial charge on any atom is 0.459 e. The molecule has 1 unspecified atom stereocenters. The third-order valence-corrected chi connectivity index (χ3v) is 9.21. The van der Waals surface area contributed by atoms with Gasteiger partial charge in [0.05, 0.1) is 12.7 Å². The van der Waals surface area contributed by atoms with Crippen LogP contribution in [0.3, 0.4) is 0 Å². The number of amides is 1. The molecule has 13 nitrogen and oxygen atoms in total. The summed E-state index contributed by atoms with van der Waals surface area (Å²) < 4.78 is 66.2. The number of aliphatic hydroxyl groups is 1. The van der Waals surface area contributed by atoms with Crippen LogP contribution in [0.5, 0.6) is 5.75 Å². The molecule has 0 bridgehead atoms. The summed E-state index contributed by atoms with van der Waals surface area (Å²) in [6.07, 6.45) is -5.09. The van der Waals surface area contributed by atoms with Crippen molar-refractivity contribution in [2.75, 3.05) is 11.9 Å². The van der Waals surface area contributed by atoms with Crippen LogP contribution in [0, 0.1) is 5.92 Å². The van der Waals surface area contributed by atoms with E-state index in [0.717, 1.165) is 17.3 Å². The van der Waals surface area contributed by atoms with Gasteiger partial charge in [-0.15, -0.1) is 0 Å². The highest BCUT2D eigenvalue weighted by Gasteiger charge is 2.60. The summed E-state index contributed by atoms with van der Waals surface area (Å²) in [6.45, 7) is 3.70. The van der Waals surface area contributed by atoms with Crippen molar-refractivity contribution in [3.63, 3.8) is 0 Å². The van der Waals surface area contributed by atoms with E-state index in [0.29, 0.717) is 17.4 Å². The molecule has 0 spiro atoms. The zero-order chi connectivity index (χ0) is 33.9. The molecule has 47 heavy (non-hydrogen) atoms. The summed E-state index contributed by atoms with van der Waals surface area (Å²) in [5, 5.41) is 15.5. The zero-order valence-corrected chi connectivity index (χ0v) is 26.6. The Labute approximate surface area is 268 Å². The first-order valence-electron chi connectivity index (χ1n) is 14.9. The number of para-hydroxylation sites is 1. The Kier molecular flexibility index (Phi) is 10.2. The fourth-order valence-electron chi connectivity index (χ4n) is 5.25. The molecule has 0 saturated carbocycles. The minimum absolute atomic E-state index is 0.0751. The van der Waals surface area contributed by atoms with E-state index < -0.39 is 62.5 Å². The molecular weight excluding hydrogens is 641 g/mol. The topological polar surface area (TPSA) is 167 Å². The van der Waals surface area contributed by atoms with Gasteiger partial charge >= 0.3 is 25.3 Å². The Morgan fingerprint density at radius 3 is 2.34 bits per heavy atom. The number of carbonyl (C=O) groups is 2. The molecule has 2 aromatic carbocycles. The van der Waals surface area contributed by atoms with E-state index in [9.17, 15) is 24.1 Å². The number of hydrogen-bond acceptors (Lipinski definition) is 10. The van der Waals surface area contributed by atoms with E-state index in [1.165, 1.54) is 25.1 Å². The number of rotatable bonds is 12. The van der Waals surface area contributed by atoms with Crippen LogP contribution in [-0.2, 0) is 41.0 Å². The van der Waals surface area contributed by atoms with Gasteiger partial charge in [0, 0.05) is 12.1 Å². The lowest BCUT2D eigenvalue weighted by Gasteiger charge is -2.25. The third kappa shape index (κ3) is 7.94. The first-order valence-corrected chi connectivity index (χ1v) is 16.5. The Balaban J connectivity index is 1.26. The van der Waals surface area contributed by atoms with Gasteiger partial charge in [-0.2, -0.15) is 18.9 Å². The summed E-state index contributed by atoms with van der Waals surface area (Å²) in [5.74, 6) is -5.61. The molecule has 1 aliphatic carbocycles. The summed E-state index contributed by atoms with van der Waals surface area (Å²) >= 11 is 0. The minimum atomic E-state index is -4.47. The van der Waals surface area contributed by atoms with Crippen LogP contribution in [0.2, 0.25) is 0 Å². The van der Waals surface area contributed by atoms with Crippen LogP contribution < -0.4 is 20.6 Å². The highest BCUT2D eigenvalue weighted by atomic mass is 31.2. The predicted molar refractivity (Wildman–Crippen MR) is 164 cm³/mol. The van der Waals surface area contributed by atoms with Gasteiger partial charge in [0.1, 0.15) is 23.7 Å². The molecule has 252 valence electrons. The minimum Gasteiger partial charge on any atom is -0.462 e. The van der Waals surface area contributed by atoms with Gasteiger partial charge in [-0.3, -0.25) is 18.7 Å². The lowest BCUT2D eigenvalue weighted by Crippen LogP contribution is -2.42. The Hall–Kier alpha value is -4.01. The maximum atomic E-state index is 15.3. The summed E-state index contributed by atoms with van der Waals surface area (Å²) in [4.78, 5) is 41.8. The number of esters is 1. The third-order valence-electron chi connectivity index (χ3n) is 7.57. The number of anilines is 1. The average molecular weight is 677 g/mol. The molecular formula is C31H35F2N4O9P. The molecule has 1 aromatic heterocycles. The molecule has 2 aliphatic rings. The van der Waals surface area contributed by atoms with Gasteiger partial charge < -0.3 is 24.4 Å². The fourth-order valence-corrected chi connectivity index (χ4v) is 6.75. The van der Waals surface area contributed by atoms with E-state index in [-0.39, 0.29) is 23.4 Å². The molecule has 5 rings (SSSR count). The number of alkyl halides is 2. The maximum absolute atomic E-state index is 15.3. The van der Waals surface area contributed by atoms with Crippen LogP contribution >= 0.6 is 7.75 Å². The van der Waals surface area contributed by atoms with Crippen LogP contribution in [0.4, 0.5) is 14.6 Å². The van der Waals surface area contributed by atoms with E-state index in [2.05, 4.69) is 15.4 Å². The van der Waals surface area contributed by atoms with Crippen molar-refractivity contribution in [1.82, 2.24) is 14.6 Å². The highest BCUT2D eigenvalue weighted by molar-refractivity contribution is 7.52. The van der Waals surface area contributed by atoms with Crippen molar-refractivity contribution in [1.29, 1.82) is 0 Å². The van der Waals surface area contributed by atoms with Gasteiger partial charge in [0.15, 0.2) is 6.10 Å². The number of nitrogens with zero attached hydrogens (tertiary/aromatic N) is 2. The Bertz CT molecular complexity index is 1680. The van der Waals surface area contributed by atoms with E-state index in [1.54, 1.807) is 32.0 Å². The molecule has 0 radical (unpaired) electrons. The van der Waals surface area contributed by atoms with Gasteiger partial charge in [0.2, 0.25) is 12.1 Å². The van der Waals surface area contributed by atoms with Gasteiger partial charge in [0.25, 0.3) is 0 Å². The molecule has 3 N–H and O–H groups in total. The Morgan fingerprint density at radius 2 is 1.72 bits per heavy atom. The summed E-state index contributed by atoms with van der Waals surface area (Å²) in [7, 11) is -4.47. The molecule has 2 heterocycles. The second-order valence-corrected chi connectivity index (χ2v) is 13.2. The van der Waals surface area contributed by atoms with Crippen molar-refractivity contribution in [3.8, 4) is 5.75 Å². The van der Waals surface area contributed by atoms with Crippen molar-refractivity contribution in [2.24, 2.45) is 5.92 Å². The monoisotopic (exact) mass is 676 g/mol. The standard InChI is InChI=1S/C31H35F2N4O9P/c1-18(2)44-28(40)19(3)36-47(42,46-23-11-5-4-6-12-23)43-17-24-26(38)31(32,33)29(45-24)37-14-13-25(35-30(37)41)34-27(39)22-15-20-9-7-8-10-21(20)16-22/h4-14,18-19,22,24,26,29,38H,15-17H2,1-3H3,(H,36,42)(H,34,35,39,41)/t19-,24+,26+,29?,47+/m0/s1. The SMILES string of the molecule is CC(C)OC(=O)[C@H](C)N[P@@](=O)(OC[C@H]1OC(n2ccc(NC(=O)C3Cc4ccccc4C3)nc2=O)C(F)(F)[C@@H]1O)Oc1ccccc1. The zero-order valence-electron chi connectivity index (χ0n) is 25.7. The van der Waals surface area contributed by atoms with Crippen LogP contribution in [-0.4, -0.2) is 63.4 Å². The second kappa shape index (κ2) is 14.0.